The van der Waals surface area contributed by atoms with Crippen LogP contribution in [0.15, 0.2) is 36.7 Å². The number of anilines is 2. The van der Waals surface area contributed by atoms with Crippen LogP contribution in [0.5, 0.6) is 0 Å². The minimum absolute atomic E-state index is 0.294. The van der Waals surface area contributed by atoms with E-state index in [4.69, 9.17) is 5.26 Å². The number of aromatic nitrogens is 2. The van der Waals surface area contributed by atoms with Gasteiger partial charge in [-0.2, -0.15) is 5.26 Å². The first-order valence-electron chi connectivity index (χ1n) is 8.30. The highest BCUT2D eigenvalue weighted by atomic mass is 16.1. The van der Waals surface area contributed by atoms with E-state index in [-0.39, 0.29) is 5.91 Å². The van der Waals surface area contributed by atoms with E-state index in [9.17, 15) is 4.79 Å². The predicted molar refractivity (Wildman–Crippen MR) is 95.5 cm³/mol. The standard InChI is InChI=1S/C18H20N6O/c1-2-23-6-8-24(9-7-23)18-20-12-15(13-21-18)17(25)22-16-5-3-4-14(10-16)11-19/h3-5,10,12-13H,2,6-9H2,1H3,(H,22,25). The third kappa shape index (κ3) is 4.11. The molecule has 0 radical (unpaired) electrons. The highest BCUT2D eigenvalue weighted by molar-refractivity contribution is 6.03. The zero-order chi connectivity index (χ0) is 17.6. The molecule has 3 rings (SSSR count). The molecule has 0 spiro atoms. The third-order valence-corrected chi connectivity index (χ3v) is 4.25. The number of nitrogens with zero attached hydrogens (tertiary/aromatic N) is 5. The molecule has 1 saturated heterocycles. The highest BCUT2D eigenvalue weighted by Gasteiger charge is 2.18. The molecule has 1 fully saturated rings. The van der Waals surface area contributed by atoms with Crippen molar-refractivity contribution in [1.82, 2.24) is 14.9 Å². The van der Waals surface area contributed by atoms with Crippen molar-refractivity contribution in [3.8, 4) is 6.07 Å². The lowest BCUT2D eigenvalue weighted by Crippen LogP contribution is -2.46. The van der Waals surface area contributed by atoms with Gasteiger partial charge in [0.1, 0.15) is 0 Å². The molecular weight excluding hydrogens is 316 g/mol. The molecule has 1 aliphatic rings. The topological polar surface area (TPSA) is 85.1 Å². The van der Waals surface area contributed by atoms with Gasteiger partial charge in [-0.25, -0.2) is 9.97 Å². The molecule has 1 aromatic carbocycles. The smallest absolute Gasteiger partial charge is 0.258 e. The Morgan fingerprint density at radius 3 is 2.60 bits per heavy atom. The summed E-state index contributed by atoms with van der Waals surface area (Å²) in [4.78, 5) is 25.5. The Bertz CT molecular complexity index is 775. The number of carbonyl (C=O) groups excluding carboxylic acids is 1. The van der Waals surface area contributed by atoms with Crippen LogP contribution in [-0.4, -0.2) is 53.5 Å². The van der Waals surface area contributed by atoms with Crippen molar-refractivity contribution >= 4 is 17.5 Å². The molecule has 0 saturated carbocycles. The lowest BCUT2D eigenvalue weighted by atomic mass is 10.2. The molecule has 0 bridgehead atoms. The van der Waals surface area contributed by atoms with Crippen LogP contribution in [0.3, 0.4) is 0 Å². The maximum atomic E-state index is 12.3. The molecule has 0 unspecified atom stereocenters. The van der Waals surface area contributed by atoms with E-state index < -0.39 is 0 Å². The molecule has 2 aromatic rings. The van der Waals surface area contributed by atoms with Crippen molar-refractivity contribution in [3.05, 3.63) is 47.8 Å². The van der Waals surface area contributed by atoms with Crippen molar-refractivity contribution in [1.29, 1.82) is 5.26 Å². The summed E-state index contributed by atoms with van der Waals surface area (Å²) < 4.78 is 0. The number of piperazine rings is 1. The van der Waals surface area contributed by atoms with E-state index in [1.165, 1.54) is 12.4 Å². The summed E-state index contributed by atoms with van der Waals surface area (Å²) in [6.07, 6.45) is 3.08. The Morgan fingerprint density at radius 1 is 1.24 bits per heavy atom. The first-order valence-corrected chi connectivity index (χ1v) is 8.30. The Kier molecular flexibility index (Phi) is 5.21. The van der Waals surface area contributed by atoms with Gasteiger partial charge < -0.3 is 15.1 Å². The molecule has 1 amide bonds. The van der Waals surface area contributed by atoms with Crippen LogP contribution in [0, 0.1) is 11.3 Å². The molecule has 128 valence electrons. The molecule has 25 heavy (non-hydrogen) atoms. The van der Waals surface area contributed by atoms with Crippen LogP contribution >= 0.6 is 0 Å². The monoisotopic (exact) mass is 336 g/mol. The molecule has 1 aromatic heterocycles. The van der Waals surface area contributed by atoms with E-state index in [0.717, 1.165) is 32.7 Å². The second-order valence-electron chi connectivity index (χ2n) is 5.84. The molecule has 7 heteroatoms. The normalized spacial score (nSPS) is 14.8. The van der Waals surface area contributed by atoms with Gasteiger partial charge in [-0.05, 0) is 24.7 Å². The van der Waals surface area contributed by atoms with Gasteiger partial charge in [-0.3, -0.25) is 4.79 Å². The number of hydrogen-bond donors (Lipinski definition) is 1. The third-order valence-electron chi connectivity index (χ3n) is 4.25. The highest BCUT2D eigenvalue weighted by Crippen LogP contribution is 2.13. The van der Waals surface area contributed by atoms with Crippen LogP contribution in [0.2, 0.25) is 0 Å². The van der Waals surface area contributed by atoms with Crippen LogP contribution in [0.1, 0.15) is 22.8 Å². The average molecular weight is 336 g/mol. The van der Waals surface area contributed by atoms with E-state index in [1.807, 2.05) is 6.07 Å². The molecule has 1 N–H and O–H groups in total. The van der Waals surface area contributed by atoms with E-state index in [1.54, 1.807) is 24.3 Å². The maximum absolute atomic E-state index is 12.3. The Morgan fingerprint density at radius 2 is 1.96 bits per heavy atom. The summed E-state index contributed by atoms with van der Waals surface area (Å²) in [6, 6.07) is 8.82. The number of likely N-dealkylation sites (N-methyl/N-ethyl adjacent to an activating group) is 1. The number of amides is 1. The maximum Gasteiger partial charge on any atom is 0.258 e. The molecule has 0 aliphatic carbocycles. The van der Waals surface area contributed by atoms with Crippen LogP contribution < -0.4 is 10.2 Å². The van der Waals surface area contributed by atoms with E-state index in [2.05, 4.69) is 32.0 Å². The molecule has 7 nitrogen and oxygen atoms in total. The SMILES string of the molecule is CCN1CCN(c2ncc(C(=O)Nc3cccc(C#N)c3)cn2)CC1. The van der Waals surface area contributed by atoms with Crippen LogP contribution in [0.4, 0.5) is 11.6 Å². The van der Waals surface area contributed by atoms with Gasteiger partial charge in [0.25, 0.3) is 5.91 Å². The second kappa shape index (κ2) is 7.73. The average Bonchev–Trinajstić information content (AvgIpc) is 2.68. The Labute approximate surface area is 146 Å². The van der Waals surface area contributed by atoms with Crippen molar-refractivity contribution < 1.29 is 4.79 Å². The predicted octanol–water partition coefficient (Wildman–Crippen LogP) is 1.74. The van der Waals surface area contributed by atoms with Gasteiger partial charge in [0.15, 0.2) is 0 Å². The number of carbonyl (C=O) groups is 1. The molecular formula is C18H20N6O. The number of nitriles is 1. The fourth-order valence-electron chi connectivity index (χ4n) is 2.74. The minimum atomic E-state index is -0.294. The molecule has 1 aliphatic heterocycles. The van der Waals surface area contributed by atoms with Crippen molar-refractivity contribution in [2.24, 2.45) is 0 Å². The fourth-order valence-corrected chi connectivity index (χ4v) is 2.74. The summed E-state index contributed by atoms with van der Waals surface area (Å²) in [6.45, 7) is 6.99. The number of benzene rings is 1. The molecule has 0 atom stereocenters. The van der Waals surface area contributed by atoms with Gasteiger partial charge in [-0.15, -0.1) is 0 Å². The van der Waals surface area contributed by atoms with Crippen LogP contribution in [-0.2, 0) is 0 Å². The zero-order valence-electron chi connectivity index (χ0n) is 14.1. The largest absolute Gasteiger partial charge is 0.338 e. The van der Waals surface area contributed by atoms with Gasteiger partial charge in [0, 0.05) is 44.3 Å². The van der Waals surface area contributed by atoms with Crippen LogP contribution in [0.25, 0.3) is 0 Å². The molecule has 2 heterocycles. The summed E-state index contributed by atoms with van der Waals surface area (Å²) in [5.41, 5.74) is 1.46. The first kappa shape index (κ1) is 16.9. The summed E-state index contributed by atoms with van der Waals surface area (Å²) in [5, 5.41) is 11.7. The van der Waals surface area contributed by atoms with Gasteiger partial charge >= 0.3 is 0 Å². The summed E-state index contributed by atoms with van der Waals surface area (Å²) in [5.74, 6) is 0.358. The second-order valence-corrected chi connectivity index (χ2v) is 5.84. The Balaban J connectivity index is 1.63. The van der Waals surface area contributed by atoms with Gasteiger partial charge in [-0.1, -0.05) is 13.0 Å². The van der Waals surface area contributed by atoms with Gasteiger partial charge in [0.05, 0.1) is 17.2 Å². The fraction of sp³-hybridized carbons (Fsp3) is 0.333. The zero-order valence-corrected chi connectivity index (χ0v) is 14.1. The lowest BCUT2D eigenvalue weighted by molar-refractivity contribution is 0.102. The van der Waals surface area contributed by atoms with Gasteiger partial charge in [0.2, 0.25) is 5.95 Å². The van der Waals surface area contributed by atoms with Crippen molar-refractivity contribution in [3.63, 3.8) is 0 Å². The first-order chi connectivity index (χ1) is 12.2. The van der Waals surface area contributed by atoms with E-state index in [0.29, 0.717) is 22.8 Å². The van der Waals surface area contributed by atoms with Crippen molar-refractivity contribution in [2.75, 3.05) is 42.9 Å². The minimum Gasteiger partial charge on any atom is -0.338 e. The quantitative estimate of drug-likeness (QED) is 0.915. The number of hydrogen-bond acceptors (Lipinski definition) is 6. The number of rotatable bonds is 4. The Hall–Kier alpha value is -2.98. The van der Waals surface area contributed by atoms with E-state index >= 15 is 0 Å². The number of nitrogens with one attached hydrogen (secondary N) is 1. The summed E-state index contributed by atoms with van der Waals surface area (Å²) >= 11 is 0. The summed E-state index contributed by atoms with van der Waals surface area (Å²) in [7, 11) is 0. The van der Waals surface area contributed by atoms with Crippen molar-refractivity contribution in [2.45, 2.75) is 6.92 Å². The lowest BCUT2D eigenvalue weighted by Gasteiger charge is -2.33.